The van der Waals surface area contributed by atoms with E-state index < -0.39 is 0 Å². The van der Waals surface area contributed by atoms with Gasteiger partial charge in [-0.05, 0) is 38.4 Å². The highest BCUT2D eigenvalue weighted by Crippen LogP contribution is 2.23. The molecule has 0 radical (unpaired) electrons. The summed E-state index contributed by atoms with van der Waals surface area (Å²) >= 11 is 1.48. The summed E-state index contributed by atoms with van der Waals surface area (Å²) in [4.78, 5) is 24.0. The molecule has 1 aliphatic heterocycles. The number of imidazole rings is 1. The number of para-hydroxylation sites is 2. The van der Waals surface area contributed by atoms with E-state index in [4.69, 9.17) is 4.98 Å². The Bertz CT molecular complexity index is 931. The van der Waals surface area contributed by atoms with Crippen molar-refractivity contribution in [2.24, 2.45) is 13.0 Å². The molecule has 6 nitrogen and oxygen atoms in total. The van der Waals surface area contributed by atoms with E-state index in [1.165, 1.54) is 11.3 Å². The summed E-state index contributed by atoms with van der Waals surface area (Å²) in [5.41, 5.74) is 3.11. The zero-order valence-electron chi connectivity index (χ0n) is 15.1. The third-order valence-electron chi connectivity index (χ3n) is 4.97. The summed E-state index contributed by atoms with van der Waals surface area (Å²) in [5.74, 6) is 1.12. The van der Waals surface area contributed by atoms with E-state index >= 15 is 0 Å². The van der Waals surface area contributed by atoms with Crippen molar-refractivity contribution in [1.29, 1.82) is 0 Å². The molecule has 0 saturated carbocycles. The fourth-order valence-electron chi connectivity index (χ4n) is 3.57. The number of fused-ring (bicyclic) bond motifs is 1. The number of hydrogen-bond acceptors (Lipinski definition) is 5. The molecule has 1 amide bonds. The van der Waals surface area contributed by atoms with Crippen LogP contribution < -0.4 is 5.32 Å². The molecular weight excluding hydrogens is 346 g/mol. The molecule has 1 aliphatic rings. The Morgan fingerprint density at radius 1 is 1.35 bits per heavy atom. The Balaban J connectivity index is 1.43. The number of thiazole rings is 1. The van der Waals surface area contributed by atoms with Crippen LogP contribution in [-0.2, 0) is 18.4 Å². The largest absolute Gasteiger partial charge is 0.330 e. The van der Waals surface area contributed by atoms with Gasteiger partial charge in [-0.15, -0.1) is 11.3 Å². The number of anilines is 1. The molecule has 1 N–H and O–H groups in total. The van der Waals surface area contributed by atoms with Gasteiger partial charge in [0.1, 0.15) is 5.82 Å². The molecule has 0 bridgehead atoms. The van der Waals surface area contributed by atoms with Crippen LogP contribution in [-0.4, -0.2) is 38.4 Å². The number of benzene rings is 1. The second kappa shape index (κ2) is 7.17. The third-order valence-corrected chi connectivity index (χ3v) is 5.85. The first-order chi connectivity index (χ1) is 12.6. The van der Waals surface area contributed by atoms with E-state index in [1.807, 2.05) is 30.5 Å². The van der Waals surface area contributed by atoms with Gasteiger partial charge in [0.2, 0.25) is 5.91 Å². The topological polar surface area (TPSA) is 63.1 Å². The molecule has 26 heavy (non-hydrogen) atoms. The van der Waals surface area contributed by atoms with E-state index in [-0.39, 0.29) is 11.8 Å². The van der Waals surface area contributed by atoms with Crippen molar-refractivity contribution in [2.75, 3.05) is 18.4 Å². The molecule has 1 unspecified atom stereocenters. The average Bonchev–Trinajstić information content (AvgIpc) is 3.19. The predicted molar refractivity (Wildman–Crippen MR) is 104 cm³/mol. The highest BCUT2D eigenvalue weighted by Gasteiger charge is 2.27. The van der Waals surface area contributed by atoms with Gasteiger partial charge in [-0.3, -0.25) is 9.69 Å². The fourth-order valence-corrected chi connectivity index (χ4v) is 4.26. The van der Waals surface area contributed by atoms with Crippen molar-refractivity contribution < 1.29 is 4.79 Å². The number of piperidine rings is 1. The lowest BCUT2D eigenvalue weighted by Gasteiger charge is -2.31. The van der Waals surface area contributed by atoms with Crippen LogP contribution in [0.5, 0.6) is 0 Å². The van der Waals surface area contributed by atoms with Gasteiger partial charge in [0.15, 0.2) is 5.13 Å². The highest BCUT2D eigenvalue weighted by molar-refractivity contribution is 7.13. The van der Waals surface area contributed by atoms with Crippen LogP contribution in [0.15, 0.2) is 29.6 Å². The first-order valence-electron chi connectivity index (χ1n) is 8.96. The zero-order valence-corrected chi connectivity index (χ0v) is 15.9. The maximum atomic E-state index is 12.6. The molecule has 1 saturated heterocycles. The number of aryl methyl sites for hydroxylation is 2. The third kappa shape index (κ3) is 3.50. The van der Waals surface area contributed by atoms with Gasteiger partial charge in [0, 0.05) is 19.0 Å². The van der Waals surface area contributed by atoms with Crippen LogP contribution in [0.3, 0.4) is 0 Å². The van der Waals surface area contributed by atoms with E-state index in [1.54, 1.807) is 0 Å². The number of amides is 1. The lowest BCUT2D eigenvalue weighted by atomic mass is 9.97. The van der Waals surface area contributed by atoms with Gasteiger partial charge in [-0.2, -0.15) is 0 Å². The molecule has 1 aromatic carbocycles. The molecule has 3 aromatic rings. The summed E-state index contributed by atoms with van der Waals surface area (Å²) in [6.07, 6.45) is 1.95. The Labute approximate surface area is 156 Å². The van der Waals surface area contributed by atoms with Crippen LogP contribution >= 0.6 is 11.3 Å². The minimum atomic E-state index is 0.00244. The van der Waals surface area contributed by atoms with Crippen LogP contribution in [0.2, 0.25) is 0 Å². The second-order valence-corrected chi connectivity index (χ2v) is 7.79. The Hall–Kier alpha value is -2.25. The van der Waals surface area contributed by atoms with Crippen LogP contribution in [0, 0.1) is 12.8 Å². The number of rotatable bonds is 4. The van der Waals surface area contributed by atoms with Crippen molar-refractivity contribution >= 4 is 33.4 Å². The fraction of sp³-hybridized carbons (Fsp3) is 0.421. The zero-order chi connectivity index (χ0) is 18.1. The molecule has 3 heterocycles. The summed E-state index contributed by atoms with van der Waals surface area (Å²) in [7, 11) is 2.06. The van der Waals surface area contributed by atoms with Gasteiger partial charge < -0.3 is 9.88 Å². The van der Waals surface area contributed by atoms with Crippen LogP contribution in [0.1, 0.15) is 24.4 Å². The molecule has 1 fully saturated rings. The summed E-state index contributed by atoms with van der Waals surface area (Å²) < 4.78 is 2.15. The smallest absolute Gasteiger partial charge is 0.230 e. The summed E-state index contributed by atoms with van der Waals surface area (Å²) in [6, 6.07) is 8.19. The quantitative estimate of drug-likeness (QED) is 0.767. The number of carbonyl (C=O) groups is 1. The maximum Gasteiger partial charge on any atom is 0.230 e. The molecule has 0 spiro atoms. The number of nitrogens with zero attached hydrogens (tertiary/aromatic N) is 4. The normalized spacial score (nSPS) is 18.3. The molecule has 4 rings (SSSR count). The molecule has 136 valence electrons. The van der Waals surface area contributed by atoms with Gasteiger partial charge >= 0.3 is 0 Å². The number of carbonyl (C=O) groups excluding carboxylic acids is 1. The first kappa shape index (κ1) is 17.2. The predicted octanol–water partition coefficient (Wildman–Crippen LogP) is 3.19. The van der Waals surface area contributed by atoms with Crippen molar-refractivity contribution in [3.63, 3.8) is 0 Å². The Kier molecular flexibility index (Phi) is 4.74. The number of nitrogens with one attached hydrogen (secondary N) is 1. The minimum Gasteiger partial charge on any atom is -0.330 e. The number of hydrogen-bond donors (Lipinski definition) is 1. The standard InChI is InChI=1S/C19H23N5OS/c1-13-12-26-19(20-13)22-18(25)14-6-5-9-24(10-14)11-17-21-15-7-3-4-8-16(15)23(17)2/h3-4,7-8,12,14H,5-6,9-11H2,1-2H3,(H,20,22,25). The van der Waals surface area contributed by atoms with Crippen molar-refractivity contribution in [1.82, 2.24) is 19.4 Å². The number of likely N-dealkylation sites (tertiary alicyclic amines) is 1. The van der Waals surface area contributed by atoms with Crippen molar-refractivity contribution in [3.05, 3.63) is 41.2 Å². The monoisotopic (exact) mass is 369 g/mol. The maximum absolute atomic E-state index is 12.6. The lowest BCUT2D eigenvalue weighted by molar-refractivity contribution is -0.121. The van der Waals surface area contributed by atoms with Crippen LogP contribution in [0.4, 0.5) is 5.13 Å². The minimum absolute atomic E-state index is 0.00244. The van der Waals surface area contributed by atoms with Gasteiger partial charge in [0.05, 0.1) is 29.2 Å². The molecule has 2 aromatic heterocycles. The highest BCUT2D eigenvalue weighted by atomic mass is 32.1. The Morgan fingerprint density at radius 3 is 2.96 bits per heavy atom. The van der Waals surface area contributed by atoms with E-state index in [0.29, 0.717) is 5.13 Å². The Morgan fingerprint density at radius 2 is 2.19 bits per heavy atom. The summed E-state index contributed by atoms with van der Waals surface area (Å²) in [6.45, 7) is 4.47. The SMILES string of the molecule is Cc1csc(NC(=O)C2CCCN(Cc3nc4ccccc4n3C)C2)n1. The average molecular weight is 369 g/mol. The summed E-state index contributed by atoms with van der Waals surface area (Å²) in [5, 5.41) is 5.62. The van der Waals surface area contributed by atoms with Gasteiger partial charge in [0.25, 0.3) is 0 Å². The van der Waals surface area contributed by atoms with Crippen molar-refractivity contribution in [3.8, 4) is 0 Å². The molecule has 0 aliphatic carbocycles. The first-order valence-corrected chi connectivity index (χ1v) is 9.84. The molecule has 1 atom stereocenters. The van der Waals surface area contributed by atoms with E-state index in [2.05, 4.69) is 32.9 Å². The lowest BCUT2D eigenvalue weighted by Crippen LogP contribution is -2.40. The second-order valence-electron chi connectivity index (χ2n) is 6.93. The van der Waals surface area contributed by atoms with Gasteiger partial charge in [-0.25, -0.2) is 9.97 Å². The molecule has 7 heteroatoms. The van der Waals surface area contributed by atoms with E-state index in [9.17, 15) is 4.79 Å². The molecular formula is C19H23N5OS. The van der Waals surface area contributed by atoms with E-state index in [0.717, 1.165) is 55.0 Å². The van der Waals surface area contributed by atoms with Crippen LogP contribution in [0.25, 0.3) is 11.0 Å². The van der Waals surface area contributed by atoms with Gasteiger partial charge in [-0.1, -0.05) is 12.1 Å². The van der Waals surface area contributed by atoms with Crippen molar-refractivity contribution in [2.45, 2.75) is 26.3 Å². The number of aromatic nitrogens is 3.